The fraction of sp³-hybridized carbons (Fsp3) is 0.133. The molecule has 0 amide bonds. The number of hydrogen-bond donors (Lipinski definition) is 0. The normalized spacial score (nSPS) is 10.8. The molecule has 0 fully saturated rings. The summed E-state index contributed by atoms with van der Waals surface area (Å²) in [4.78, 5) is 20.2. The van der Waals surface area contributed by atoms with Crippen LogP contribution in [-0.2, 0) is 5.75 Å². The van der Waals surface area contributed by atoms with E-state index in [-0.39, 0.29) is 5.69 Å². The smallest absolute Gasteiger partial charge is 0.251 e. The number of nitrogens with zero attached hydrogens (tertiary/aromatic N) is 3. The number of hydrogen-bond acceptors (Lipinski definition) is 4. The van der Waals surface area contributed by atoms with Gasteiger partial charge in [-0.25, -0.2) is 9.78 Å². The first kappa shape index (κ1) is 12.9. The SMILES string of the molecule is Cc1cccc(CSc2nc(=O)n3ccccc3n2)c1. The maximum atomic E-state index is 11.9. The van der Waals surface area contributed by atoms with E-state index in [1.54, 1.807) is 18.3 Å². The molecule has 3 rings (SSSR count). The lowest BCUT2D eigenvalue weighted by atomic mass is 10.2. The van der Waals surface area contributed by atoms with Gasteiger partial charge in [0.1, 0.15) is 5.65 Å². The zero-order valence-electron chi connectivity index (χ0n) is 11.0. The number of aryl methyl sites for hydroxylation is 1. The minimum absolute atomic E-state index is 0.289. The molecule has 0 atom stereocenters. The largest absolute Gasteiger partial charge is 0.355 e. The summed E-state index contributed by atoms with van der Waals surface area (Å²) in [5, 5.41) is 0.516. The average molecular weight is 283 g/mol. The first-order chi connectivity index (χ1) is 9.72. The highest BCUT2D eigenvalue weighted by Crippen LogP contribution is 2.19. The van der Waals surface area contributed by atoms with Crippen LogP contribution in [0.2, 0.25) is 0 Å². The number of thioether (sulfide) groups is 1. The van der Waals surface area contributed by atoms with Gasteiger partial charge in [0.05, 0.1) is 0 Å². The Labute approximate surface area is 120 Å². The van der Waals surface area contributed by atoms with Crippen molar-refractivity contribution < 1.29 is 0 Å². The van der Waals surface area contributed by atoms with Gasteiger partial charge in [-0.15, -0.1) is 0 Å². The molecule has 0 unspecified atom stereocenters. The van der Waals surface area contributed by atoms with E-state index in [1.807, 2.05) is 12.1 Å². The van der Waals surface area contributed by atoms with Crippen LogP contribution in [0.3, 0.4) is 0 Å². The van der Waals surface area contributed by atoms with Crippen LogP contribution < -0.4 is 5.69 Å². The number of pyridine rings is 1. The van der Waals surface area contributed by atoms with Gasteiger partial charge in [-0.1, -0.05) is 47.7 Å². The van der Waals surface area contributed by atoms with Crippen LogP contribution in [0.5, 0.6) is 0 Å². The quantitative estimate of drug-likeness (QED) is 0.693. The van der Waals surface area contributed by atoms with Crippen molar-refractivity contribution in [1.82, 2.24) is 14.4 Å². The Balaban J connectivity index is 1.86. The summed E-state index contributed by atoms with van der Waals surface area (Å²) in [5.41, 5.74) is 2.76. The summed E-state index contributed by atoms with van der Waals surface area (Å²) in [6.07, 6.45) is 1.67. The summed E-state index contributed by atoms with van der Waals surface area (Å²) in [5.74, 6) is 0.754. The van der Waals surface area contributed by atoms with Crippen LogP contribution in [0.4, 0.5) is 0 Å². The second-order valence-electron chi connectivity index (χ2n) is 4.50. The Hall–Kier alpha value is -2.14. The van der Waals surface area contributed by atoms with E-state index in [0.717, 1.165) is 5.75 Å². The van der Waals surface area contributed by atoms with Crippen LogP contribution in [0.15, 0.2) is 58.6 Å². The summed E-state index contributed by atoms with van der Waals surface area (Å²) in [6.45, 7) is 2.06. The molecule has 100 valence electrons. The predicted molar refractivity (Wildman–Crippen MR) is 80.0 cm³/mol. The van der Waals surface area contributed by atoms with Crippen LogP contribution in [0, 0.1) is 6.92 Å². The lowest BCUT2D eigenvalue weighted by Crippen LogP contribution is -2.18. The van der Waals surface area contributed by atoms with Crippen LogP contribution in [-0.4, -0.2) is 14.4 Å². The predicted octanol–water partition coefficient (Wildman–Crippen LogP) is 2.69. The lowest BCUT2D eigenvalue weighted by molar-refractivity contribution is 0.846. The molecule has 20 heavy (non-hydrogen) atoms. The van der Waals surface area contributed by atoms with Gasteiger partial charge in [0.25, 0.3) is 0 Å². The maximum Gasteiger partial charge on any atom is 0.355 e. The summed E-state index contributed by atoms with van der Waals surface area (Å²) in [6, 6.07) is 13.7. The second kappa shape index (κ2) is 5.46. The van der Waals surface area contributed by atoms with E-state index >= 15 is 0 Å². The average Bonchev–Trinajstić information content (AvgIpc) is 2.45. The highest BCUT2D eigenvalue weighted by Gasteiger charge is 2.04. The van der Waals surface area contributed by atoms with Crippen molar-refractivity contribution in [1.29, 1.82) is 0 Å². The molecule has 0 saturated heterocycles. The molecule has 5 heteroatoms. The molecule has 0 aliphatic heterocycles. The third-order valence-corrected chi connectivity index (χ3v) is 3.81. The summed E-state index contributed by atoms with van der Waals surface area (Å²) < 4.78 is 1.44. The van der Waals surface area contributed by atoms with E-state index in [2.05, 4.69) is 35.1 Å². The number of aromatic nitrogens is 3. The highest BCUT2D eigenvalue weighted by atomic mass is 32.2. The molecule has 0 aliphatic carbocycles. The van der Waals surface area contributed by atoms with Crippen molar-refractivity contribution in [3.63, 3.8) is 0 Å². The molecule has 0 aliphatic rings. The Morgan fingerprint density at radius 2 is 2.05 bits per heavy atom. The second-order valence-corrected chi connectivity index (χ2v) is 5.44. The van der Waals surface area contributed by atoms with Gasteiger partial charge < -0.3 is 0 Å². The van der Waals surface area contributed by atoms with Gasteiger partial charge in [-0.3, -0.25) is 4.40 Å². The van der Waals surface area contributed by atoms with Crippen molar-refractivity contribution in [3.8, 4) is 0 Å². The molecule has 3 aromatic rings. The third kappa shape index (κ3) is 2.72. The van der Waals surface area contributed by atoms with Gasteiger partial charge in [-0.2, -0.15) is 4.98 Å². The van der Waals surface area contributed by atoms with E-state index in [4.69, 9.17) is 0 Å². The van der Waals surface area contributed by atoms with E-state index in [0.29, 0.717) is 10.8 Å². The molecule has 4 nitrogen and oxygen atoms in total. The van der Waals surface area contributed by atoms with Gasteiger partial charge in [-0.05, 0) is 24.6 Å². The van der Waals surface area contributed by atoms with Crippen molar-refractivity contribution in [2.45, 2.75) is 17.8 Å². The molecular weight excluding hydrogens is 270 g/mol. The topological polar surface area (TPSA) is 47.3 Å². The molecule has 0 saturated carbocycles. The molecule has 1 aromatic carbocycles. The van der Waals surface area contributed by atoms with Gasteiger partial charge in [0.2, 0.25) is 0 Å². The van der Waals surface area contributed by atoms with Crippen LogP contribution >= 0.6 is 11.8 Å². The van der Waals surface area contributed by atoms with E-state index in [1.165, 1.54) is 27.3 Å². The highest BCUT2D eigenvalue weighted by molar-refractivity contribution is 7.98. The van der Waals surface area contributed by atoms with Gasteiger partial charge in [0.15, 0.2) is 5.16 Å². The van der Waals surface area contributed by atoms with Gasteiger partial charge in [0, 0.05) is 11.9 Å². The number of rotatable bonds is 3. The van der Waals surface area contributed by atoms with E-state index < -0.39 is 0 Å². The van der Waals surface area contributed by atoms with Crippen molar-refractivity contribution >= 4 is 17.4 Å². The van der Waals surface area contributed by atoms with Gasteiger partial charge >= 0.3 is 5.69 Å². The summed E-state index contributed by atoms with van der Waals surface area (Å²) >= 11 is 1.48. The first-order valence-electron chi connectivity index (χ1n) is 6.26. The molecule has 0 radical (unpaired) electrons. The molecule has 0 bridgehead atoms. The van der Waals surface area contributed by atoms with Crippen LogP contribution in [0.25, 0.3) is 5.65 Å². The Bertz CT molecular complexity index is 813. The Morgan fingerprint density at radius 1 is 1.15 bits per heavy atom. The minimum atomic E-state index is -0.289. The van der Waals surface area contributed by atoms with Crippen molar-refractivity contribution in [2.75, 3.05) is 0 Å². The fourth-order valence-electron chi connectivity index (χ4n) is 1.96. The summed E-state index contributed by atoms with van der Waals surface area (Å²) in [7, 11) is 0. The first-order valence-corrected chi connectivity index (χ1v) is 7.25. The lowest BCUT2D eigenvalue weighted by Gasteiger charge is -2.03. The molecular formula is C15H13N3OS. The van der Waals surface area contributed by atoms with Crippen molar-refractivity contribution in [3.05, 3.63) is 70.3 Å². The third-order valence-electron chi connectivity index (χ3n) is 2.90. The molecule has 0 N–H and O–H groups in total. The fourth-order valence-corrected chi connectivity index (χ4v) is 2.74. The van der Waals surface area contributed by atoms with E-state index in [9.17, 15) is 4.79 Å². The monoisotopic (exact) mass is 283 g/mol. The Morgan fingerprint density at radius 3 is 2.90 bits per heavy atom. The standard InChI is InChI=1S/C15H13N3OS/c1-11-5-4-6-12(9-11)10-20-14-16-13-7-2-3-8-18(13)15(19)17-14/h2-9H,10H2,1H3. The minimum Gasteiger partial charge on any atom is -0.251 e. The molecule has 2 heterocycles. The number of benzene rings is 1. The zero-order valence-corrected chi connectivity index (χ0v) is 11.8. The zero-order chi connectivity index (χ0) is 13.9. The molecule has 2 aromatic heterocycles. The van der Waals surface area contributed by atoms with Crippen molar-refractivity contribution in [2.24, 2.45) is 0 Å². The number of fused-ring (bicyclic) bond motifs is 1. The maximum absolute atomic E-state index is 11.9. The van der Waals surface area contributed by atoms with Crippen LogP contribution in [0.1, 0.15) is 11.1 Å². The molecule has 0 spiro atoms. The Kier molecular flexibility index (Phi) is 3.52.